The molecule has 0 aliphatic carbocycles. The zero-order valence-electron chi connectivity index (χ0n) is 15.9. The molecule has 7 heteroatoms. The number of nitrogens with zero attached hydrogens (tertiary/aromatic N) is 2. The van der Waals surface area contributed by atoms with Crippen molar-refractivity contribution in [3.05, 3.63) is 34.9 Å². The molecule has 1 aromatic rings. The molecule has 0 bridgehead atoms. The highest BCUT2D eigenvalue weighted by Gasteiger charge is 2.41. The maximum absolute atomic E-state index is 13.2. The number of carbonyl (C=O) groups excluding carboxylic acids is 3. The van der Waals surface area contributed by atoms with Gasteiger partial charge in [-0.2, -0.15) is 0 Å². The van der Waals surface area contributed by atoms with Gasteiger partial charge >= 0.3 is 0 Å². The average molecular weight is 382 g/mol. The Morgan fingerprint density at radius 3 is 2.86 bits per heavy atom. The smallest absolute Gasteiger partial charge is 0.255 e. The number of amides is 3. The Morgan fingerprint density at radius 1 is 1.11 bits per heavy atom. The van der Waals surface area contributed by atoms with Crippen LogP contribution in [0.15, 0.2) is 18.2 Å². The van der Waals surface area contributed by atoms with Crippen LogP contribution in [0.2, 0.25) is 0 Å². The van der Waals surface area contributed by atoms with E-state index in [1.165, 1.54) is 12.8 Å². The molecule has 4 heterocycles. The third-order valence-corrected chi connectivity index (χ3v) is 6.81. The van der Waals surface area contributed by atoms with E-state index in [2.05, 4.69) is 21.6 Å². The number of benzene rings is 1. The van der Waals surface area contributed by atoms with Crippen LogP contribution in [-0.2, 0) is 22.7 Å². The van der Waals surface area contributed by atoms with E-state index in [0.717, 1.165) is 42.9 Å². The second kappa shape index (κ2) is 6.97. The molecule has 4 aliphatic rings. The van der Waals surface area contributed by atoms with Gasteiger partial charge in [0.15, 0.2) is 0 Å². The molecule has 0 aromatic heterocycles. The van der Waals surface area contributed by atoms with E-state index in [1.807, 2.05) is 12.1 Å². The number of likely N-dealkylation sites (tertiary alicyclic amines) is 1. The highest BCUT2D eigenvalue weighted by atomic mass is 16.2. The molecule has 0 radical (unpaired) electrons. The van der Waals surface area contributed by atoms with Crippen LogP contribution in [0, 0.1) is 5.92 Å². The first-order valence-electron chi connectivity index (χ1n) is 10.3. The molecule has 3 atom stereocenters. The standard InChI is InChI=1S/C21H26N4O3/c26-18-7-6-16(20(27)23-18)25-12-15-4-1-3-14(19(15)21(25)28)11-24-8-2-5-13-9-22-10-17(13)24/h1,3-4,13,16-17,22H,2,5-12H2,(H,23,26,27)/t13-,16?,17+/m0/s1. The predicted octanol–water partition coefficient (Wildman–Crippen LogP) is 0.631. The summed E-state index contributed by atoms with van der Waals surface area (Å²) in [5.74, 6) is 0.0326. The van der Waals surface area contributed by atoms with Crippen LogP contribution in [0.25, 0.3) is 0 Å². The minimum atomic E-state index is -0.552. The Bertz CT molecular complexity index is 839. The van der Waals surface area contributed by atoms with E-state index in [4.69, 9.17) is 0 Å². The third-order valence-electron chi connectivity index (χ3n) is 6.81. The second-order valence-corrected chi connectivity index (χ2v) is 8.45. The lowest BCUT2D eigenvalue weighted by Crippen LogP contribution is -2.52. The first kappa shape index (κ1) is 17.8. The van der Waals surface area contributed by atoms with Gasteiger partial charge in [-0.1, -0.05) is 18.2 Å². The van der Waals surface area contributed by atoms with Crippen molar-refractivity contribution in [1.29, 1.82) is 0 Å². The van der Waals surface area contributed by atoms with Crippen LogP contribution < -0.4 is 10.6 Å². The number of hydrogen-bond acceptors (Lipinski definition) is 5. The summed E-state index contributed by atoms with van der Waals surface area (Å²) >= 11 is 0. The molecular weight excluding hydrogens is 356 g/mol. The first-order valence-corrected chi connectivity index (χ1v) is 10.3. The molecule has 28 heavy (non-hydrogen) atoms. The first-order chi connectivity index (χ1) is 13.6. The lowest BCUT2D eigenvalue weighted by atomic mass is 9.91. The Labute approximate surface area is 164 Å². The molecule has 3 amide bonds. The van der Waals surface area contributed by atoms with Crippen LogP contribution in [0.5, 0.6) is 0 Å². The minimum absolute atomic E-state index is 0.0711. The van der Waals surface area contributed by atoms with E-state index in [9.17, 15) is 14.4 Å². The molecule has 3 fully saturated rings. The molecule has 148 valence electrons. The summed E-state index contributed by atoms with van der Waals surface area (Å²) < 4.78 is 0. The summed E-state index contributed by atoms with van der Waals surface area (Å²) in [6.45, 7) is 4.41. The molecule has 1 unspecified atom stereocenters. The van der Waals surface area contributed by atoms with Crippen molar-refractivity contribution in [3.8, 4) is 0 Å². The van der Waals surface area contributed by atoms with Crippen molar-refractivity contribution in [3.63, 3.8) is 0 Å². The van der Waals surface area contributed by atoms with E-state index < -0.39 is 6.04 Å². The van der Waals surface area contributed by atoms with Gasteiger partial charge in [0.05, 0.1) is 0 Å². The van der Waals surface area contributed by atoms with Crippen molar-refractivity contribution < 1.29 is 14.4 Å². The van der Waals surface area contributed by atoms with Crippen LogP contribution in [0.1, 0.15) is 47.2 Å². The Kier molecular flexibility index (Phi) is 4.44. The monoisotopic (exact) mass is 382 g/mol. The van der Waals surface area contributed by atoms with Gasteiger partial charge in [0.1, 0.15) is 6.04 Å². The number of rotatable bonds is 3. The fraction of sp³-hybridized carbons (Fsp3) is 0.571. The molecule has 1 aromatic carbocycles. The second-order valence-electron chi connectivity index (χ2n) is 8.45. The molecule has 2 N–H and O–H groups in total. The van der Waals surface area contributed by atoms with E-state index in [1.54, 1.807) is 4.90 Å². The van der Waals surface area contributed by atoms with Gasteiger partial charge in [-0.3, -0.25) is 24.6 Å². The van der Waals surface area contributed by atoms with Crippen LogP contribution >= 0.6 is 0 Å². The number of carbonyl (C=O) groups is 3. The molecule has 7 nitrogen and oxygen atoms in total. The normalized spacial score (nSPS) is 30.4. The van der Waals surface area contributed by atoms with Crippen LogP contribution in [0.3, 0.4) is 0 Å². The van der Waals surface area contributed by atoms with Gasteiger partial charge in [0.25, 0.3) is 5.91 Å². The van der Waals surface area contributed by atoms with Gasteiger partial charge in [-0.05, 0) is 49.4 Å². The fourth-order valence-electron chi connectivity index (χ4n) is 5.40. The summed E-state index contributed by atoms with van der Waals surface area (Å²) in [6.07, 6.45) is 3.17. The topological polar surface area (TPSA) is 81.8 Å². The molecule has 0 spiro atoms. The molecule has 0 saturated carbocycles. The Morgan fingerprint density at radius 2 is 2.00 bits per heavy atom. The van der Waals surface area contributed by atoms with Crippen molar-refractivity contribution in [2.24, 2.45) is 5.92 Å². The van der Waals surface area contributed by atoms with Crippen molar-refractivity contribution >= 4 is 17.7 Å². The van der Waals surface area contributed by atoms with Gasteiger partial charge in [-0.15, -0.1) is 0 Å². The lowest BCUT2D eigenvalue weighted by Gasteiger charge is -2.37. The summed E-state index contributed by atoms with van der Waals surface area (Å²) in [5, 5.41) is 5.88. The number of hydrogen-bond donors (Lipinski definition) is 2. The van der Waals surface area contributed by atoms with Gasteiger partial charge in [0, 0.05) is 37.7 Å². The highest BCUT2D eigenvalue weighted by molar-refractivity contribution is 6.05. The SMILES string of the molecule is O=C1CCC(N2Cc3cccc(CN4CCC[C@H]5CNC[C@H]54)c3C2=O)C(=O)N1. The minimum Gasteiger partial charge on any atom is -0.322 e. The summed E-state index contributed by atoms with van der Waals surface area (Å²) in [4.78, 5) is 41.1. The zero-order valence-corrected chi connectivity index (χ0v) is 15.9. The lowest BCUT2D eigenvalue weighted by molar-refractivity contribution is -0.136. The maximum atomic E-state index is 13.2. The van der Waals surface area contributed by atoms with Crippen molar-refractivity contribution in [1.82, 2.24) is 20.4 Å². The fourth-order valence-corrected chi connectivity index (χ4v) is 5.40. The summed E-state index contributed by atoms with van der Waals surface area (Å²) in [5.41, 5.74) is 2.82. The number of fused-ring (bicyclic) bond motifs is 2. The van der Waals surface area contributed by atoms with E-state index in [0.29, 0.717) is 24.9 Å². The van der Waals surface area contributed by atoms with Gasteiger partial charge in [0.2, 0.25) is 11.8 Å². The number of nitrogens with one attached hydrogen (secondary N) is 2. The van der Waals surface area contributed by atoms with Crippen LogP contribution in [-0.4, -0.2) is 59.2 Å². The summed E-state index contributed by atoms with van der Waals surface area (Å²) in [6, 6.07) is 6.05. The Balaban J connectivity index is 1.38. The highest BCUT2D eigenvalue weighted by Crippen LogP contribution is 2.33. The molecule has 4 aliphatic heterocycles. The zero-order chi connectivity index (χ0) is 19.3. The predicted molar refractivity (Wildman–Crippen MR) is 102 cm³/mol. The summed E-state index contributed by atoms with van der Waals surface area (Å²) in [7, 11) is 0. The number of imide groups is 1. The van der Waals surface area contributed by atoms with E-state index >= 15 is 0 Å². The number of piperidine rings is 2. The molecule has 5 rings (SSSR count). The van der Waals surface area contributed by atoms with Gasteiger partial charge < -0.3 is 10.2 Å². The Hall–Kier alpha value is -2.25. The van der Waals surface area contributed by atoms with E-state index in [-0.39, 0.29) is 24.1 Å². The largest absolute Gasteiger partial charge is 0.322 e. The van der Waals surface area contributed by atoms with Gasteiger partial charge in [-0.25, -0.2) is 0 Å². The molecular formula is C21H26N4O3. The maximum Gasteiger partial charge on any atom is 0.255 e. The average Bonchev–Trinajstić information content (AvgIpc) is 3.28. The quantitative estimate of drug-likeness (QED) is 0.750. The van der Waals surface area contributed by atoms with Crippen LogP contribution in [0.4, 0.5) is 0 Å². The molecule has 3 saturated heterocycles. The van der Waals surface area contributed by atoms with Crippen molar-refractivity contribution in [2.75, 3.05) is 19.6 Å². The third kappa shape index (κ3) is 2.93. The van der Waals surface area contributed by atoms with Crippen molar-refractivity contribution in [2.45, 2.75) is 50.9 Å².